The topological polar surface area (TPSA) is 83.8 Å². The molecule has 0 unspecified atom stereocenters. The minimum absolute atomic E-state index is 0.313. The number of hydrogen-bond acceptors (Lipinski definition) is 5. The van der Waals surface area contributed by atoms with Crippen molar-refractivity contribution in [2.45, 2.75) is 32.1 Å². The smallest absolute Gasteiger partial charge is 0.206 e. The molecule has 28 heavy (non-hydrogen) atoms. The molecule has 2 aromatic heterocycles. The number of alkyl halides is 1. The summed E-state index contributed by atoms with van der Waals surface area (Å²) in [5, 5.41) is 8.95. The summed E-state index contributed by atoms with van der Waals surface area (Å²) in [5.74, 6) is 0.306. The van der Waals surface area contributed by atoms with E-state index in [-0.39, 0.29) is 5.82 Å². The number of aryl methyl sites for hydroxylation is 1. The molecule has 4 rings (SSSR count). The molecule has 6 nitrogen and oxygen atoms in total. The quantitative estimate of drug-likeness (QED) is 0.753. The molecule has 1 aromatic carbocycles. The molecule has 3 heterocycles. The monoisotopic (exact) mass is 382 g/mol. The van der Waals surface area contributed by atoms with Gasteiger partial charge >= 0.3 is 0 Å². The Kier molecular flexibility index (Phi) is 4.69. The first-order chi connectivity index (χ1) is 13.5. The van der Waals surface area contributed by atoms with E-state index < -0.39 is 12.2 Å². The number of imidazole rings is 1. The molecule has 0 saturated carbocycles. The lowest BCUT2D eigenvalue weighted by Crippen LogP contribution is -2.50. The number of piperidine rings is 1. The van der Waals surface area contributed by atoms with Gasteiger partial charge in [-0.2, -0.15) is 5.26 Å². The molecule has 1 fully saturated rings. The van der Waals surface area contributed by atoms with E-state index in [1.165, 1.54) is 12.3 Å². The molecule has 0 spiro atoms. The summed E-state index contributed by atoms with van der Waals surface area (Å²) in [6.07, 6.45) is 0.796. The van der Waals surface area contributed by atoms with Gasteiger partial charge in [-0.05, 0) is 37.1 Å². The molecule has 3 aromatic rings. The van der Waals surface area contributed by atoms with Gasteiger partial charge < -0.3 is 15.2 Å². The molecule has 0 amide bonds. The van der Waals surface area contributed by atoms with E-state index in [4.69, 9.17) is 16.0 Å². The zero-order valence-corrected chi connectivity index (χ0v) is 15.4. The molecule has 1 aliphatic rings. The Labute approximate surface area is 161 Å². The van der Waals surface area contributed by atoms with Gasteiger partial charge in [-0.25, -0.2) is 13.8 Å². The summed E-state index contributed by atoms with van der Waals surface area (Å²) in [6, 6.07) is 8.08. The maximum Gasteiger partial charge on any atom is 0.206 e. The largest absolute Gasteiger partial charge is 0.340 e. The Morgan fingerprint density at radius 2 is 2.18 bits per heavy atom. The number of nitriles is 1. The second-order valence-electron chi connectivity index (χ2n) is 7.15. The Bertz CT molecular complexity index is 1050. The van der Waals surface area contributed by atoms with Gasteiger partial charge in [0.25, 0.3) is 0 Å². The van der Waals surface area contributed by atoms with Gasteiger partial charge in [-0.15, -0.1) is 0 Å². The number of fused-ring (bicyclic) bond motifs is 1. The highest BCUT2D eigenvalue weighted by Gasteiger charge is 2.29. The first-order valence-corrected chi connectivity index (χ1v) is 9.12. The Hall–Kier alpha value is -3.05. The fraction of sp³-hybridized carbons (Fsp3) is 0.350. The number of aromatic nitrogens is 3. The molecule has 1 saturated heterocycles. The average molecular weight is 382 g/mol. The van der Waals surface area contributed by atoms with Crippen molar-refractivity contribution >= 4 is 17.0 Å². The fourth-order valence-electron chi connectivity index (χ4n) is 3.52. The highest BCUT2D eigenvalue weighted by molar-refractivity contribution is 5.80. The van der Waals surface area contributed by atoms with E-state index in [2.05, 4.69) is 4.98 Å². The van der Waals surface area contributed by atoms with Crippen LogP contribution in [0.1, 0.15) is 23.2 Å². The number of nitrogens with zero attached hydrogens (tertiary/aromatic N) is 5. The Morgan fingerprint density at radius 3 is 2.86 bits per heavy atom. The molecular formula is C20H20F2N6. The van der Waals surface area contributed by atoms with Crippen molar-refractivity contribution in [3.05, 3.63) is 53.1 Å². The van der Waals surface area contributed by atoms with Crippen LogP contribution in [0.25, 0.3) is 11.0 Å². The third kappa shape index (κ3) is 3.29. The molecular weight excluding hydrogens is 362 g/mol. The maximum atomic E-state index is 14.3. The lowest BCUT2D eigenvalue weighted by molar-refractivity contribution is 0.243. The van der Waals surface area contributed by atoms with Gasteiger partial charge in [-0.1, -0.05) is 0 Å². The number of hydrogen-bond donors (Lipinski definition) is 1. The number of pyridine rings is 1. The van der Waals surface area contributed by atoms with Crippen molar-refractivity contribution in [3.63, 3.8) is 0 Å². The predicted molar refractivity (Wildman–Crippen MR) is 102 cm³/mol. The predicted octanol–water partition coefficient (Wildman–Crippen LogP) is 2.67. The van der Waals surface area contributed by atoms with Crippen LogP contribution >= 0.6 is 0 Å². The van der Waals surface area contributed by atoms with Gasteiger partial charge in [0.2, 0.25) is 5.95 Å². The lowest BCUT2D eigenvalue weighted by Gasteiger charge is -2.34. The molecule has 1 aliphatic heterocycles. The minimum atomic E-state index is -1.03. The van der Waals surface area contributed by atoms with Crippen LogP contribution in [-0.4, -0.2) is 39.8 Å². The van der Waals surface area contributed by atoms with Gasteiger partial charge in [0, 0.05) is 25.4 Å². The first kappa shape index (κ1) is 18.3. The summed E-state index contributed by atoms with van der Waals surface area (Å²) in [7, 11) is 0. The third-order valence-electron chi connectivity index (χ3n) is 5.14. The van der Waals surface area contributed by atoms with Crippen LogP contribution < -0.4 is 10.6 Å². The summed E-state index contributed by atoms with van der Waals surface area (Å²) in [4.78, 5) is 11.0. The van der Waals surface area contributed by atoms with Gasteiger partial charge in [0.05, 0.1) is 34.9 Å². The SMILES string of the molecule is Cc1cc2nc(N3CC[C@@H](F)[C@H](N)C3)n(Cc3ccc(C#N)cn3)c2cc1F. The van der Waals surface area contributed by atoms with Crippen LogP contribution in [0.5, 0.6) is 0 Å². The van der Waals surface area contributed by atoms with Gasteiger partial charge in [0.15, 0.2) is 0 Å². The highest BCUT2D eigenvalue weighted by Crippen LogP contribution is 2.28. The summed E-state index contributed by atoms with van der Waals surface area (Å²) < 4.78 is 30.0. The molecule has 0 aliphatic carbocycles. The number of nitrogens with two attached hydrogens (primary N) is 1. The molecule has 2 N–H and O–H groups in total. The zero-order valence-electron chi connectivity index (χ0n) is 15.4. The van der Waals surface area contributed by atoms with Crippen molar-refractivity contribution in [3.8, 4) is 6.07 Å². The molecule has 144 valence electrons. The maximum absolute atomic E-state index is 14.3. The van der Waals surface area contributed by atoms with E-state index in [9.17, 15) is 8.78 Å². The number of anilines is 1. The van der Waals surface area contributed by atoms with Crippen LogP contribution in [0.4, 0.5) is 14.7 Å². The van der Waals surface area contributed by atoms with E-state index in [0.29, 0.717) is 59.9 Å². The average Bonchev–Trinajstić information content (AvgIpc) is 3.02. The van der Waals surface area contributed by atoms with Crippen LogP contribution in [0.3, 0.4) is 0 Å². The summed E-state index contributed by atoms with van der Waals surface area (Å²) >= 11 is 0. The van der Waals surface area contributed by atoms with Crippen molar-refractivity contribution in [2.24, 2.45) is 5.73 Å². The zero-order chi connectivity index (χ0) is 19.8. The van der Waals surface area contributed by atoms with E-state index in [0.717, 1.165) is 0 Å². The van der Waals surface area contributed by atoms with Crippen molar-refractivity contribution in [2.75, 3.05) is 18.0 Å². The summed E-state index contributed by atoms with van der Waals surface area (Å²) in [6.45, 7) is 2.87. The van der Waals surface area contributed by atoms with Crippen LogP contribution in [0.15, 0.2) is 30.5 Å². The van der Waals surface area contributed by atoms with Crippen LogP contribution in [0, 0.1) is 24.1 Å². The highest BCUT2D eigenvalue weighted by atomic mass is 19.1. The van der Waals surface area contributed by atoms with Crippen molar-refractivity contribution in [1.82, 2.24) is 14.5 Å². The minimum Gasteiger partial charge on any atom is -0.340 e. The lowest BCUT2D eigenvalue weighted by atomic mass is 10.1. The standard InChI is InChI=1S/C20H20F2N6/c1-12-6-18-19(7-16(12)22)28(10-14-3-2-13(8-23)9-25-14)20(26-18)27-5-4-15(21)17(24)11-27/h2-3,6-7,9,15,17H,4-5,10-11,24H2,1H3/t15-,17-/m1/s1. The van der Waals surface area contributed by atoms with E-state index >= 15 is 0 Å². The Balaban J connectivity index is 1.79. The number of benzene rings is 1. The van der Waals surface area contributed by atoms with Gasteiger partial charge in [0.1, 0.15) is 18.1 Å². The number of halogens is 2. The van der Waals surface area contributed by atoms with E-state index in [1.807, 2.05) is 15.5 Å². The van der Waals surface area contributed by atoms with Crippen molar-refractivity contribution < 1.29 is 8.78 Å². The van der Waals surface area contributed by atoms with Crippen LogP contribution in [-0.2, 0) is 6.54 Å². The second-order valence-corrected chi connectivity index (χ2v) is 7.15. The third-order valence-corrected chi connectivity index (χ3v) is 5.14. The molecule has 0 radical (unpaired) electrons. The fourth-order valence-corrected chi connectivity index (χ4v) is 3.52. The summed E-state index contributed by atoms with van der Waals surface area (Å²) in [5.41, 5.74) is 8.93. The van der Waals surface area contributed by atoms with Gasteiger partial charge in [-0.3, -0.25) is 4.98 Å². The molecule has 8 heteroatoms. The van der Waals surface area contributed by atoms with E-state index in [1.54, 1.807) is 25.1 Å². The molecule has 0 bridgehead atoms. The first-order valence-electron chi connectivity index (χ1n) is 9.12. The Morgan fingerprint density at radius 1 is 1.36 bits per heavy atom. The van der Waals surface area contributed by atoms with Crippen LogP contribution in [0.2, 0.25) is 0 Å². The van der Waals surface area contributed by atoms with Crippen molar-refractivity contribution in [1.29, 1.82) is 5.26 Å². The molecule has 2 atom stereocenters. The second kappa shape index (κ2) is 7.17. The number of rotatable bonds is 3. The normalized spacial score (nSPS) is 19.8.